The number of benzene rings is 1. The van der Waals surface area contributed by atoms with E-state index in [9.17, 15) is 8.78 Å². The molecule has 88 valence electrons. The minimum absolute atomic E-state index is 0.184. The number of nitrogens with one attached hydrogen (secondary N) is 2. The lowest BCUT2D eigenvalue weighted by Crippen LogP contribution is -2.59. The van der Waals surface area contributed by atoms with Crippen molar-refractivity contribution in [1.29, 1.82) is 0 Å². The number of halogens is 2. The van der Waals surface area contributed by atoms with E-state index >= 15 is 0 Å². The second-order valence-electron chi connectivity index (χ2n) is 4.06. The fraction of sp³-hybridized carbons (Fsp3) is 0.500. The van der Waals surface area contributed by atoms with Crippen LogP contribution in [0, 0.1) is 0 Å². The molecule has 1 aromatic rings. The van der Waals surface area contributed by atoms with Gasteiger partial charge < -0.3 is 10.6 Å². The SMILES string of the molecule is FC(F)C1NCCNC1Cc1ccccc1. The summed E-state index contributed by atoms with van der Waals surface area (Å²) in [6, 6.07) is 8.81. The largest absolute Gasteiger partial charge is 0.311 e. The molecular weight excluding hydrogens is 210 g/mol. The maximum Gasteiger partial charge on any atom is 0.255 e. The number of piperazine rings is 1. The molecule has 1 fully saturated rings. The van der Waals surface area contributed by atoms with E-state index in [1.165, 1.54) is 0 Å². The highest BCUT2D eigenvalue weighted by Gasteiger charge is 2.31. The van der Waals surface area contributed by atoms with Gasteiger partial charge in [-0.3, -0.25) is 0 Å². The van der Waals surface area contributed by atoms with Gasteiger partial charge in [-0.15, -0.1) is 0 Å². The molecule has 4 heteroatoms. The second-order valence-corrected chi connectivity index (χ2v) is 4.06. The molecule has 1 aromatic carbocycles. The molecule has 2 nitrogen and oxygen atoms in total. The molecule has 16 heavy (non-hydrogen) atoms. The first-order valence-electron chi connectivity index (χ1n) is 5.56. The van der Waals surface area contributed by atoms with Crippen molar-refractivity contribution < 1.29 is 8.78 Å². The van der Waals surface area contributed by atoms with Crippen LogP contribution < -0.4 is 10.6 Å². The fourth-order valence-corrected chi connectivity index (χ4v) is 2.10. The van der Waals surface area contributed by atoms with Gasteiger partial charge in [0, 0.05) is 19.1 Å². The van der Waals surface area contributed by atoms with Gasteiger partial charge in [-0.1, -0.05) is 30.3 Å². The Morgan fingerprint density at radius 3 is 2.50 bits per heavy atom. The first-order valence-corrected chi connectivity index (χ1v) is 5.56. The lowest BCUT2D eigenvalue weighted by Gasteiger charge is -2.33. The molecule has 0 radical (unpaired) electrons. The molecule has 0 aliphatic carbocycles. The van der Waals surface area contributed by atoms with Crippen molar-refractivity contribution in [3.63, 3.8) is 0 Å². The van der Waals surface area contributed by atoms with Crippen molar-refractivity contribution in [2.75, 3.05) is 13.1 Å². The second kappa shape index (κ2) is 5.37. The molecular formula is C12H16F2N2. The van der Waals surface area contributed by atoms with E-state index in [0.717, 1.165) is 12.1 Å². The van der Waals surface area contributed by atoms with Crippen molar-refractivity contribution in [3.8, 4) is 0 Å². The summed E-state index contributed by atoms with van der Waals surface area (Å²) >= 11 is 0. The van der Waals surface area contributed by atoms with Crippen LogP contribution in [0.25, 0.3) is 0 Å². The van der Waals surface area contributed by atoms with E-state index in [1.807, 2.05) is 30.3 Å². The lowest BCUT2D eigenvalue weighted by atomic mass is 9.98. The van der Waals surface area contributed by atoms with Gasteiger partial charge in [0.1, 0.15) is 0 Å². The van der Waals surface area contributed by atoms with E-state index in [-0.39, 0.29) is 6.04 Å². The van der Waals surface area contributed by atoms with Gasteiger partial charge in [0.2, 0.25) is 0 Å². The Morgan fingerprint density at radius 1 is 1.12 bits per heavy atom. The maximum absolute atomic E-state index is 12.8. The Morgan fingerprint density at radius 2 is 1.81 bits per heavy atom. The van der Waals surface area contributed by atoms with Crippen LogP contribution in [0.2, 0.25) is 0 Å². The van der Waals surface area contributed by atoms with Gasteiger partial charge in [0.15, 0.2) is 0 Å². The molecule has 0 amide bonds. The Bertz CT molecular complexity index is 316. The van der Waals surface area contributed by atoms with Crippen molar-refractivity contribution in [1.82, 2.24) is 10.6 Å². The van der Waals surface area contributed by atoms with E-state index < -0.39 is 12.5 Å². The fourth-order valence-electron chi connectivity index (χ4n) is 2.10. The average molecular weight is 226 g/mol. The first-order chi connectivity index (χ1) is 7.77. The van der Waals surface area contributed by atoms with Crippen LogP contribution >= 0.6 is 0 Å². The predicted molar refractivity (Wildman–Crippen MR) is 59.7 cm³/mol. The van der Waals surface area contributed by atoms with E-state index in [4.69, 9.17) is 0 Å². The number of hydrogen-bond acceptors (Lipinski definition) is 2. The van der Waals surface area contributed by atoms with Gasteiger partial charge in [-0.25, -0.2) is 8.78 Å². The summed E-state index contributed by atoms with van der Waals surface area (Å²) in [5.41, 5.74) is 1.09. The van der Waals surface area contributed by atoms with Crippen molar-refractivity contribution in [2.24, 2.45) is 0 Å². The van der Waals surface area contributed by atoms with E-state index in [0.29, 0.717) is 13.0 Å². The van der Waals surface area contributed by atoms with Crippen LogP contribution in [0.15, 0.2) is 30.3 Å². The molecule has 1 saturated heterocycles. The van der Waals surface area contributed by atoms with Crippen LogP contribution in [0.5, 0.6) is 0 Å². The van der Waals surface area contributed by atoms with Crippen LogP contribution in [-0.2, 0) is 6.42 Å². The van der Waals surface area contributed by atoms with Crippen LogP contribution in [0.3, 0.4) is 0 Å². The lowest BCUT2D eigenvalue weighted by molar-refractivity contribution is 0.0692. The maximum atomic E-state index is 12.8. The highest BCUT2D eigenvalue weighted by atomic mass is 19.3. The van der Waals surface area contributed by atoms with Crippen molar-refractivity contribution >= 4 is 0 Å². The predicted octanol–water partition coefficient (Wildman–Crippen LogP) is 1.42. The highest BCUT2D eigenvalue weighted by Crippen LogP contribution is 2.13. The molecule has 1 heterocycles. The summed E-state index contributed by atoms with van der Waals surface area (Å²) in [7, 11) is 0. The zero-order valence-electron chi connectivity index (χ0n) is 9.00. The summed E-state index contributed by atoms with van der Waals surface area (Å²) in [5.74, 6) is 0. The van der Waals surface area contributed by atoms with Gasteiger partial charge in [0.05, 0.1) is 6.04 Å². The third-order valence-electron chi connectivity index (χ3n) is 2.91. The zero-order valence-corrected chi connectivity index (χ0v) is 9.00. The third-order valence-corrected chi connectivity index (χ3v) is 2.91. The standard InChI is InChI=1S/C12H16F2N2/c13-12(14)11-10(15-6-7-16-11)8-9-4-2-1-3-5-9/h1-5,10-12,15-16H,6-8H2. The Balaban J connectivity index is 2.01. The molecule has 0 aromatic heterocycles. The van der Waals surface area contributed by atoms with E-state index in [2.05, 4.69) is 10.6 Å². The Hall–Kier alpha value is -1.00. The summed E-state index contributed by atoms with van der Waals surface area (Å²) in [6.07, 6.45) is -1.68. The molecule has 0 bridgehead atoms. The van der Waals surface area contributed by atoms with Gasteiger partial charge in [-0.05, 0) is 12.0 Å². The minimum atomic E-state index is -2.32. The normalized spacial score (nSPS) is 25.9. The molecule has 0 spiro atoms. The molecule has 0 saturated carbocycles. The smallest absolute Gasteiger partial charge is 0.255 e. The van der Waals surface area contributed by atoms with Crippen LogP contribution in [0.1, 0.15) is 5.56 Å². The number of alkyl halides is 2. The monoisotopic (exact) mass is 226 g/mol. The average Bonchev–Trinajstić information content (AvgIpc) is 2.31. The molecule has 1 aliphatic heterocycles. The molecule has 2 N–H and O–H groups in total. The van der Waals surface area contributed by atoms with Crippen LogP contribution in [-0.4, -0.2) is 31.6 Å². The summed E-state index contributed by atoms with van der Waals surface area (Å²) in [4.78, 5) is 0. The van der Waals surface area contributed by atoms with Crippen LogP contribution in [0.4, 0.5) is 8.78 Å². The number of rotatable bonds is 3. The molecule has 1 aliphatic rings. The number of hydrogen-bond donors (Lipinski definition) is 2. The summed E-state index contributed by atoms with van der Waals surface area (Å²) < 4.78 is 25.5. The zero-order chi connectivity index (χ0) is 11.4. The molecule has 2 unspecified atom stereocenters. The molecule has 2 rings (SSSR count). The Labute approximate surface area is 94.0 Å². The van der Waals surface area contributed by atoms with Crippen molar-refractivity contribution in [2.45, 2.75) is 24.9 Å². The van der Waals surface area contributed by atoms with E-state index in [1.54, 1.807) is 0 Å². The molecule has 2 atom stereocenters. The quantitative estimate of drug-likeness (QED) is 0.814. The highest BCUT2D eigenvalue weighted by molar-refractivity contribution is 5.17. The van der Waals surface area contributed by atoms with Gasteiger partial charge >= 0.3 is 0 Å². The summed E-state index contributed by atoms with van der Waals surface area (Å²) in [6.45, 7) is 1.36. The van der Waals surface area contributed by atoms with Gasteiger partial charge in [-0.2, -0.15) is 0 Å². The van der Waals surface area contributed by atoms with Gasteiger partial charge in [0.25, 0.3) is 6.43 Å². The van der Waals surface area contributed by atoms with Crippen molar-refractivity contribution in [3.05, 3.63) is 35.9 Å². The Kier molecular flexibility index (Phi) is 3.85. The topological polar surface area (TPSA) is 24.1 Å². The minimum Gasteiger partial charge on any atom is -0.311 e. The third kappa shape index (κ3) is 2.77. The summed E-state index contributed by atoms with van der Waals surface area (Å²) in [5, 5.41) is 6.03. The first kappa shape index (κ1) is 11.5.